The molecule has 0 unspecified atom stereocenters. The van der Waals surface area contributed by atoms with Crippen molar-refractivity contribution in [2.24, 2.45) is 0 Å². The summed E-state index contributed by atoms with van der Waals surface area (Å²) in [5.74, 6) is -11.0. The summed E-state index contributed by atoms with van der Waals surface area (Å²) in [4.78, 5) is 56.1. The maximum Gasteiger partial charge on any atom is 0.416 e. The predicted octanol–water partition coefficient (Wildman–Crippen LogP) is 17.4. The third kappa shape index (κ3) is 19.6. The monoisotopic (exact) mass is 1540 g/mol. The van der Waals surface area contributed by atoms with Gasteiger partial charge in [0.05, 0.1) is 70.0 Å². The molecule has 2 fully saturated rings. The highest BCUT2D eigenvalue weighted by atomic mass is 32.2. The molecule has 2 amide bonds. The van der Waals surface area contributed by atoms with Gasteiger partial charge < -0.3 is 38.2 Å². The molecule has 0 aliphatic carbocycles. The average molecular weight is 1540 g/mol. The number of rotatable bonds is 24. The zero-order valence-corrected chi connectivity index (χ0v) is 56.7. The zero-order chi connectivity index (χ0) is 111. The maximum absolute atomic E-state index is 15.6. The van der Waals surface area contributed by atoms with Crippen molar-refractivity contribution < 1.29 is 118 Å². The molecule has 0 bridgehead atoms. The van der Waals surface area contributed by atoms with Crippen LogP contribution in [0.3, 0.4) is 0 Å². The van der Waals surface area contributed by atoms with Crippen molar-refractivity contribution in [3.8, 4) is 22.3 Å². The van der Waals surface area contributed by atoms with E-state index in [2.05, 4.69) is 9.47 Å². The number of carbonyl (C=O) groups is 2. The second-order valence-electron chi connectivity index (χ2n) is 22.1. The second kappa shape index (κ2) is 35.1. The minimum Gasteiger partial charge on any atom is -0.383 e. The highest BCUT2D eigenvalue weighted by Gasteiger charge is 2.34. The van der Waals surface area contributed by atoms with Gasteiger partial charge in [-0.25, -0.2) is 17.6 Å². The van der Waals surface area contributed by atoms with Gasteiger partial charge in [0.15, 0.2) is 34.1 Å². The lowest BCUT2D eigenvalue weighted by Gasteiger charge is -2.39. The fourth-order valence-electron chi connectivity index (χ4n) is 9.77. The summed E-state index contributed by atoms with van der Waals surface area (Å²) in [7, 11) is 1.10. The molecule has 0 saturated carbocycles. The summed E-state index contributed by atoms with van der Waals surface area (Å²) < 4.78 is 508. The van der Waals surface area contributed by atoms with Crippen molar-refractivity contribution >= 4 is 57.1 Å². The van der Waals surface area contributed by atoms with Crippen molar-refractivity contribution in [2.75, 3.05) is 66.3 Å². The van der Waals surface area contributed by atoms with Crippen LogP contribution in [0, 0.1) is 37.1 Å². The van der Waals surface area contributed by atoms with Gasteiger partial charge in [-0.1, -0.05) is 120 Å². The van der Waals surface area contributed by atoms with Gasteiger partial charge in [-0.3, -0.25) is 19.2 Å². The van der Waals surface area contributed by atoms with Crippen LogP contribution in [0.5, 0.6) is 0 Å². The number of hydrogen-bond acceptors (Lipinski definition) is 10. The minimum atomic E-state index is -4.77. The molecule has 10 aromatic rings. The average Bonchev–Trinajstić information content (AvgIpc) is 0.654. The smallest absolute Gasteiger partial charge is 0.383 e. The Morgan fingerprint density at radius 3 is 1.28 bits per heavy atom. The molecule has 2 saturated heterocycles. The molecule has 0 radical (unpaired) electrons. The van der Waals surface area contributed by atoms with Crippen LogP contribution in [0.25, 0.3) is 44.1 Å². The quantitative estimate of drug-likeness (QED) is 0.0428. The molecule has 0 atom stereocenters. The summed E-state index contributed by atoms with van der Waals surface area (Å²) in [5.41, 5.74) is -13.6. The topological polar surface area (TPSA) is 110 Å². The van der Waals surface area contributed by atoms with E-state index in [1.807, 2.05) is 0 Å². The van der Waals surface area contributed by atoms with Gasteiger partial charge in [-0.2, -0.15) is 26.3 Å². The molecule has 0 N–H and O–H groups in total. The van der Waals surface area contributed by atoms with Crippen LogP contribution in [0.1, 0.15) is 125 Å². The number of thioether (sulfide) groups is 2. The summed E-state index contributed by atoms with van der Waals surface area (Å²) >= 11 is 0.0169. The van der Waals surface area contributed by atoms with Gasteiger partial charge in [0.1, 0.15) is 13.1 Å². The normalized spacial score (nSPS) is 25.0. The number of halogens is 10. The number of carbonyl (C=O) groups excluding carboxylic acids is 2. The molecular formula is C82H80F10N6O6S2. The Bertz CT molecular complexity index is 6920. The van der Waals surface area contributed by atoms with Crippen LogP contribution in [-0.4, -0.2) is 119 Å². The van der Waals surface area contributed by atoms with E-state index in [1.165, 1.54) is 0 Å². The van der Waals surface area contributed by atoms with Crippen LogP contribution in [0.15, 0.2) is 201 Å². The maximum atomic E-state index is 15.6. The first-order valence-electron chi connectivity index (χ1n) is 50.6. The predicted molar refractivity (Wildman–Crippen MR) is 395 cm³/mol. The number of nitrogens with zero attached hydrogens (tertiary/aromatic N) is 6. The molecule has 2 aromatic heterocycles. The van der Waals surface area contributed by atoms with Crippen molar-refractivity contribution in [1.82, 2.24) is 28.7 Å². The number of methoxy groups -OCH3 is 2. The molecule has 12 nitrogen and oxygen atoms in total. The Morgan fingerprint density at radius 2 is 0.896 bits per heavy atom. The van der Waals surface area contributed by atoms with E-state index in [9.17, 15) is 63.9 Å². The first-order chi connectivity index (χ1) is 66.2. The fraction of sp³-hybridized carbons (Fsp3) is 0.317. The number of amides is 2. The van der Waals surface area contributed by atoms with Gasteiger partial charge in [0.2, 0.25) is 11.8 Å². The second-order valence-corrected chi connectivity index (χ2v) is 23.8. The summed E-state index contributed by atoms with van der Waals surface area (Å²) in [6, 6.07) is 2.60. The number of aromatic nitrogens is 2. The van der Waals surface area contributed by atoms with Crippen LogP contribution in [0.4, 0.5) is 43.9 Å². The minimum absolute atomic E-state index is 0.0436. The molecule has 4 heterocycles. The number of fused-ring (bicyclic) bond motifs is 2. The Labute approximate surface area is 672 Å². The number of benzene rings is 8. The van der Waals surface area contributed by atoms with Crippen molar-refractivity contribution in [1.29, 1.82) is 0 Å². The van der Waals surface area contributed by atoms with E-state index in [1.54, 1.807) is 0 Å². The molecule has 556 valence electrons. The summed E-state index contributed by atoms with van der Waals surface area (Å²) in [6.07, 6.45) is -28.1. The zero-order valence-electron chi connectivity index (χ0n) is 95.1. The molecule has 2 aliphatic heterocycles. The SMILES string of the molecule is [2H]c1c(C)c([2H])c2c(=O)c([2H])c(SC([2H])([2H])c3cccc(F)c3F)n(CC(=O)N(C([2H])([2H])c3ccc(-c4ccc(C(F)(F)F)cc4)cc3)C3([2H])C([2H])([2H])C([2H])([2H])N(C([2H])([2H])C([2H])([2H])OC)C([2H])([2H])C3([2H])[2H])c2c1[2H].[2H]c1c(C)c([2H])c2c(=O)c([2H])c(SCc3cccc(F)c3F)n(CC(=O)N(C([2H])([2H])c3ccc(-c4ccc(C(F)(F)F)cc4)cc3)C3([2H])C([2H])([2H])C([2H])([2H])N(C([2H])([2H])C([2H])([2H])OC)C([2H])([2H])C3([2H])[2H])c2c1[2H]. The number of likely N-dealkylation sites (tertiary alicyclic amines) is 2. The first kappa shape index (κ1) is 41.3. The Hall–Kier alpha value is -9.04. The lowest BCUT2D eigenvalue weighted by atomic mass is 10.00. The molecule has 106 heavy (non-hydrogen) atoms. The first-order valence-corrected chi connectivity index (χ1v) is 32.4. The van der Waals surface area contributed by atoms with Gasteiger partial charge in [-0.15, -0.1) is 23.5 Å². The van der Waals surface area contributed by atoms with Crippen molar-refractivity contribution in [3.63, 3.8) is 0 Å². The lowest BCUT2D eigenvalue weighted by Crippen LogP contribution is -2.48. The lowest BCUT2D eigenvalue weighted by molar-refractivity contribution is -0.138. The standard InChI is InChI=1S/2C41H40F5N3O3S/c2*1-27-6-15-36-34(22-27)37(50)23-39(53-26-31-4-3-5-35(42)40(31)43)49(36)25-38(51)48(33-16-18-47(19-17-33)20-21-52-2)24-28-7-9-29(10-8-28)30-11-13-32(14-12-30)41(44,45)46/h2*3-15,22-23,33H,16-21,24-26H2,1-2H3/i6D,15D,16D2,17D2,18D2,19D2,20D2,21D2,22D,23D,24D2,26D2,33D;6D,15D,16D2,17D2,18D2,19D2,20D2,21D2,22D,23D,24D2,33D. The van der Waals surface area contributed by atoms with Gasteiger partial charge in [-0.05, 0) is 133 Å². The number of hydrogen-bond donors (Lipinski definition) is 0. The van der Waals surface area contributed by atoms with Gasteiger partial charge in [0, 0.05) is 154 Å². The Kier molecular flexibility index (Phi) is 13.7. The number of pyridine rings is 2. The number of piperidine rings is 2. The van der Waals surface area contributed by atoms with E-state index < -0.39 is 319 Å². The molecule has 24 heteroatoms. The van der Waals surface area contributed by atoms with Crippen LogP contribution >= 0.6 is 23.5 Å². The third-order valence-corrected chi connectivity index (χ3v) is 16.8. The van der Waals surface area contributed by atoms with E-state index >= 15 is 18.4 Å². The molecule has 8 aromatic carbocycles. The summed E-state index contributed by atoms with van der Waals surface area (Å²) in [5, 5.41) is -3.62. The van der Waals surface area contributed by atoms with Gasteiger partial charge in [0.25, 0.3) is 0 Å². The third-order valence-electron chi connectivity index (χ3n) is 14.9. The van der Waals surface area contributed by atoms with Crippen molar-refractivity contribution in [3.05, 3.63) is 270 Å². The van der Waals surface area contributed by atoms with E-state index in [0.717, 1.165) is 129 Å². The largest absolute Gasteiger partial charge is 0.416 e. The van der Waals surface area contributed by atoms with E-state index in [0.29, 0.717) is 53.3 Å². The van der Waals surface area contributed by atoms with Crippen LogP contribution in [-0.2, 0) is 69.0 Å². The molecular weight excluding hydrogens is 1420 g/mol. The highest BCUT2D eigenvalue weighted by molar-refractivity contribution is 7.98. The highest BCUT2D eigenvalue weighted by Crippen LogP contribution is 2.36. The van der Waals surface area contributed by atoms with Crippen LogP contribution < -0.4 is 10.9 Å². The number of alkyl halides is 6. The molecule has 2 aliphatic rings. The molecule has 12 rings (SSSR count). The fourth-order valence-corrected chi connectivity index (χ4v) is 11.5. The van der Waals surface area contributed by atoms with E-state index in [4.69, 9.17) is 35.6 Å². The Balaban J connectivity index is 0.000000278. The molecule has 0 spiro atoms. The number of ether oxygens (including phenoxy) is 2. The van der Waals surface area contributed by atoms with Gasteiger partial charge >= 0.3 is 12.4 Å². The van der Waals surface area contributed by atoms with Crippen molar-refractivity contribution in [2.45, 2.75) is 111 Å². The van der Waals surface area contributed by atoms with Crippen LogP contribution in [0.2, 0.25) is 0 Å². The summed E-state index contributed by atoms with van der Waals surface area (Å²) in [6.45, 7) is -43.5. The van der Waals surface area contributed by atoms with E-state index in [-0.39, 0.29) is 45.1 Å². The Morgan fingerprint density at radius 1 is 0.528 bits per heavy atom.